The molecule has 0 aliphatic heterocycles. The van der Waals surface area contributed by atoms with Gasteiger partial charge in [0.15, 0.2) is 5.11 Å². The Labute approximate surface area is 151 Å². The highest BCUT2D eigenvalue weighted by Gasteiger charge is 2.09. The fraction of sp³-hybridized carbons (Fsp3) is 0.167. The molecule has 0 saturated heterocycles. The van der Waals surface area contributed by atoms with E-state index in [9.17, 15) is 0 Å². The summed E-state index contributed by atoms with van der Waals surface area (Å²) in [5, 5.41) is 10.6. The highest BCUT2D eigenvalue weighted by molar-refractivity contribution is 7.80. The normalized spacial score (nSPS) is 10.3. The summed E-state index contributed by atoms with van der Waals surface area (Å²) in [6, 6.07) is 15.5. The van der Waals surface area contributed by atoms with Crippen LogP contribution in [0.2, 0.25) is 0 Å². The average molecular weight is 354 g/mol. The quantitative estimate of drug-likeness (QED) is 0.679. The van der Waals surface area contributed by atoms with Crippen LogP contribution in [-0.4, -0.2) is 22.4 Å². The van der Waals surface area contributed by atoms with Gasteiger partial charge in [-0.1, -0.05) is 41.1 Å². The first-order valence-electron chi connectivity index (χ1n) is 7.72. The molecule has 3 aromatic rings. The SMILES string of the molecule is COc1cccc(NC(=S)NCc2nc(-c3ccc(C)cc3)no2)c1. The van der Waals surface area contributed by atoms with Gasteiger partial charge in [-0.2, -0.15) is 4.98 Å². The summed E-state index contributed by atoms with van der Waals surface area (Å²) in [5.41, 5.74) is 2.93. The van der Waals surface area contributed by atoms with Crippen molar-refractivity contribution < 1.29 is 9.26 Å². The van der Waals surface area contributed by atoms with Crippen LogP contribution < -0.4 is 15.4 Å². The highest BCUT2D eigenvalue weighted by Crippen LogP contribution is 2.17. The molecule has 0 unspecified atom stereocenters. The summed E-state index contributed by atoms with van der Waals surface area (Å²) in [6.07, 6.45) is 0. The number of hydrogen-bond acceptors (Lipinski definition) is 5. The molecule has 6 nitrogen and oxygen atoms in total. The monoisotopic (exact) mass is 354 g/mol. The van der Waals surface area contributed by atoms with Gasteiger partial charge in [0.05, 0.1) is 13.7 Å². The van der Waals surface area contributed by atoms with E-state index in [1.54, 1.807) is 7.11 Å². The summed E-state index contributed by atoms with van der Waals surface area (Å²) >= 11 is 5.28. The van der Waals surface area contributed by atoms with E-state index in [4.69, 9.17) is 21.5 Å². The number of ether oxygens (including phenoxy) is 1. The van der Waals surface area contributed by atoms with Gasteiger partial charge >= 0.3 is 0 Å². The van der Waals surface area contributed by atoms with Gasteiger partial charge in [-0.15, -0.1) is 0 Å². The highest BCUT2D eigenvalue weighted by atomic mass is 32.1. The summed E-state index contributed by atoms with van der Waals surface area (Å²) in [7, 11) is 1.62. The van der Waals surface area contributed by atoms with Crippen molar-refractivity contribution in [1.29, 1.82) is 0 Å². The van der Waals surface area contributed by atoms with Gasteiger partial charge in [-0.25, -0.2) is 0 Å². The lowest BCUT2D eigenvalue weighted by Gasteiger charge is -2.09. The van der Waals surface area contributed by atoms with E-state index in [0.29, 0.717) is 23.4 Å². The standard InChI is InChI=1S/C18H18N4O2S/c1-12-6-8-13(9-7-12)17-21-16(24-22-17)11-19-18(25)20-14-4-3-5-15(10-14)23-2/h3-10H,11H2,1-2H3,(H2,19,20,25). The van der Waals surface area contributed by atoms with Crippen molar-refractivity contribution in [3.8, 4) is 17.1 Å². The van der Waals surface area contributed by atoms with Crippen molar-refractivity contribution in [2.75, 3.05) is 12.4 Å². The molecule has 2 N–H and O–H groups in total. The Morgan fingerprint density at radius 3 is 2.76 bits per heavy atom. The lowest BCUT2D eigenvalue weighted by atomic mass is 10.1. The van der Waals surface area contributed by atoms with Gasteiger partial charge in [0.25, 0.3) is 0 Å². The molecular formula is C18H18N4O2S. The zero-order valence-corrected chi connectivity index (χ0v) is 14.8. The van der Waals surface area contributed by atoms with Gasteiger partial charge < -0.3 is 19.9 Å². The zero-order valence-electron chi connectivity index (χ0n) is 13.9. The third-order valence-corrected chi connectivity index (χ3v) is 3.75. The molecule has 0 fully saturated rings. The minimum Gasteiger partial charge on any atom is -0.497 e. The summed E-state index contributed by atoms with van der Waals surface area (Å²) in [4.78, 5) is 4.37. The fourth-order valence-electron chi connectivity index (χ4n) is 2.18. The van der Waals surface area contributed by atoms with Crippen LogP contribution in [0.3, 0.4) is 0 Å². The lowest BCUT2D eigenvalue weighted by molar-refractivity contribution is 0.376. The number of nitrogens with one attached hydrogen (secondary N) is 2. The van der Waals surface area contributed by atoms with Crippen molar-refractivity contribution in [2.24, 2.45) is 0 Å². The van der Waals surface area contributed by atoms with Crippen LogP contribution >= 0.6 is 12.2 Å². The molecule has 7 heteroatoms. The largest absolute Gasteiger partial charge is 0.497 e. The Bertz CT molecular complexity index is 862. The molecule has 0 saturated carbocycles. The number of thiocarbonyl (C=S) groups is 1. The number of nitrogens with zero attached hydrogens (tertiary/aromatic N) is 2. The molecule has 0 aliphatic rings. The minimum absolute atomic E-state index is 0.342. The number of aryl methyl sites for hydroxylation is 1. The maximum Gasteiger partial charge on any atom is 0.246 e. The number of hydrogen-bond donors (Lipinski definition) is 2. The van der Waals surface area contributed by atoms with E-state index in [1.807, 2.05) is 55.5 Å². The second-order valence-electron chi connectivity index (χ2n) is 5.42. The number of anilines is 1. The van der Waals surface area contributed by atoms with E-state index >= 15 is 0 Å². The molecule has 1 heterocycles. The van der Waals surface area contributed by atoms with Gasteiger partial charge in [0.1, 0.15) is 5.75 Å². The van der Waals surface area contributed by atoms with Gasteiger partial charge in [-0.3, -0.25) is 0 Å². The first-order valence-corrected chi connectivity index (χ1v) is 8.13. The predicted molar refractivity (Wildman–Crippen MR) is 101 cm³/mol. The Balaban J connectivity index is 1.56. The predicted octanol–water partition coefficient (Wildman–Crippen LogP) is 3.54. The van der Waals surface area contributed by atoms with Crippen molar-refractivity contribution in [1.82, 2.24) is 15.5 Å². The average Bonchev–Trinajstić information content (AvgIpc) is 3.10. The smallest absolute Gasteiger partial charge is 0.246 e. The van der Waals surface area contributed by atoms with Gasteiger partial charge in [-0.05, 0) is 31.3 Å². The van der Waals surface area contributed by atoms with Crippen LogP contribution in [0.1, 0.15) is 11.5 Å². The number of benzene rings is 2. The molecule has 2 aromatic carbocycles. The third kappa shape index (κ3) is 4.54. The van der Waals surface area contributed by atoms with Crippen molar-refractivity contribution >= 4 is 23.0 Å². The Kier molecular flexibility index (Phi) is 5.25. The second-order valence-corrected chi connectivity index (χ2v) is 5.83. The summed E-state index contributed by atoms with van der Waals surface area (Å²) < 4.78 is 10.4. The molecule has 128 valence electrons. The van der Waals surface area contributed by atoms with Crippen LogP contribution in [0.4, 0.5) is 5.69 Å². The van der Waals surface area contributed by atoms with Crippen LogP contribution in [0, 0.1) is 6.92 Å². The third-order valence-electron chi connectivity index (χ3n) is 3.51. The van der Waals surface area contributed by atoms with Crippen molar-refractivity contribution in [2.45, 2.75) is 13.5 Å². The van der Waals surface area contributed by atoms with Crippen molar-refractivity contribution in [3.63, 3.8) is 0 Å². The summed E-state index contributed by atoms with van der Waals surface area (Å²) in [6.45, 7) is 2.38. The Morgan fingerprint density at radius 1 is 1.20 bits per heavy atom. The zero-order chi connectivity index (χ0) is 17.6. The first kappa shape index (κ1) is 16.9. The molecule has 0 radical (unpaired) electrons. The Morgan fingerprint density at radius 2 is 2.00 bits per heavy atom. The van der Waals surface area contributed by atoms with Gasteiger partial charge in [0, 0.05) is 17.3 Å². The van der Waals surface area contributed by atoms with E-state index < -0.39 is 0 Å². The molecule has 0 atom stereocenters. The van der Waals surface area contributed by atoms with Crippen LogP contribution in [-0.2, 0) is 6.54 Å². The van der Waals surface area contributed by atoms with Gasteiger partial charge in [0.2, 0.25) is 11.7 Å². The maximum absolute atomic E-state index is 5.28. The maximum atomic E-state index is 5.28. The topological polar surface area (TPSA) is 72.2 Å². The minimum atomic E-state index is 0.342. The summed E-state index contributed by atoms with van der Waals surface area (Å²) in [5.74, 6) is 1.78. The molecule has 3 rings (SSSR count). The second kappa shape index (κ2) is 7.76. The number of aromatic nitrogens is 2. The molecular weight excluding hydrogens is 336 g/mol. The molecule has 0 bridgehead atoms. The fourth-order valence-corrected chi connectivity index (χ4v) is 2.37. The molecule has 0 spiro atoms. The Hall–Kier alpha value is -2.93. The van der Waals surface area contributed by atoms with Crippen LogP contribution in [0.25, 0.3) is 11.4 Å². The first-order chi connectivity index (χ1) is 12.1. The van der Waals surface area contributed by atoms with E-state index in [2.05, 4.69) is 20.8 Å². The molecule has 0 amide bonds. The van der Waals surface area contributed by atoms with Crippen LogP contribution in [0.5, 0.6) is 5.75 Å². The van der Waals surface area contributed by atoms with E-state index in [1.165, 1.54) is 5.56 Å². The van der Waals surface area contributed by atoms with Crippen molar-refractivity contribution in [3.05, 3.63) is 60.0 Å². The number of methoxy groups -OCH3 is 1. The van der Waals surface area contributed by atoms with E-state index in [-0.39, 0.29) is 0 Å². The molecule has 1 aromatic heterocycles. The number of rotatable bonds is 5. The molecule has 25 heavy (non-hydrogen) atoms. The lowest BCUT2D eigenvalue weighted by Crippen LogP contribution is -2.28. The van der Waals surface area contributed by atoms with E-state index in [0.717, 1.165) is 17.0 Å². The van der Waals surface area contributed by atoms with Crippen LogP contribution in [0.15, 0.2) is 53.1 Å². The molecule has 0 aliphatic carbocycles.